The molecule has 0 radical (unpaired) electrons. The number of nitrogens with one attached hydrogen (secondary N) is 1. The van der Waals surface area contributed by atoms with E-state index in [9.17, 15) is 0 Å². The highest BCUT2D eigenvalue weighted by Crippen LogP contribution is 2.14. The molecule has 0 saturated carbocycles. The van der Waals surface area contributed by atoms with E-state index >= 15 is 0 Å². The molecule has 1 N–H and O–H groups in total. The number of nitrogens with zero attached hydrogens (tertiary/aromatic N) is 2. The molecule has 0 aliphatic carbocycles. The van der Waals surface area contributed by atoms with E-state index in [1.165, 1.54) is 18.5 Å². The Balaban J connectivity index is 1.64. The zero-order valence-corrected chi connectivity index (χ0v) is 9.98. The molecule has 0 spiro atoms. The Bertz CT molecular complexity index is 305. The number of hydrogen-bond acceptors (Lipinski definition) is 3. The second-order valence-corrected chi connectivity index (χ2v) is 4.24. The fourth-order valence-electron chi connectivity index (χ4n) is 2.15. The Morgan fingerprint density at radius 3 is 3.31 bits per heavy atom. The summed E-state index contributed by atoms with van der Waals surface area (Å²) in [5.41, 5.74) is 1.26. The number of hydrogen-bond donors (Lipinski definition) is 1. The molecule has 2 heterocycles. The summed E-state index contributed by atoms with van der Waals surface area (Å²) in [5.74, 6) is 0. The summed E-state index contributed by atoms with van der Waals surface area (Å²) in [5, 5.41) is 7.69. The van der Waals surface area contributed by atoms with Crippen LogP contribution in [0.15, 0.2) is 12.3 Å². The molecule has 1 saturated heterocycles. The SMILES string of the molecule is CCn1nccc1CNCCC1CCCO1. The van der Waals surface area contributed by atoms with Crippen LogP contribution < -0.4 is 5.32 Å². The van der Waals surface area contributed by atoms with Gasteiger partial charge in [-0.2, -0.15) is 5.10 Å². The Morgan fingerprint density at radius 1 is 1.62 bits per heavy atom. The van der Waals surface area contributed by atoms with Gasteiger partial charge >= 0.3 is 0 Å². The number of aromatic nitrogens is 2. The lowest BCUT2D eigenvalue weighted by atomic mass is 10.2. The molecule has 1 atom stereocenters. The first-order valence-electron chi connectivity index (χ1n) is 6.23. The van der Waals surface area contributed by atoms with Crippen LogP contribution in [0.1, 0.15) is 31.9 Å². The van der Waals surface area contributed by atoms with E-state index in [-0.39, 0.29) is 0 Å². The van der Waals surface area contributed by atoms with E-state index in [0.29, 0.717) is 6.10 Å². The Morgan fingerprint density at radius 2 is 2.56 bits per heavy atom. The van der Waals surface area contributed by atoms with Gasteiger partial charge in [0.15, 0.2) is 0 Å². The Kier molecular flexibility index (Phi) is 4.36. The van der Waals surface area contributed by atoms with Gasteiger partial charge in [0, 0.05) is 25.9 Å². The fourth-order valence-corrected chi connectivity index (χ4v) is 2.15. The van der Waals surface area contributed by atoms with Crippen LogP contribution in [0.25, 0.3) is 0 Å². The number of ether oxygens (including phenoxy) is 1. The predicted octanol–water partition coefficient (Wildman–Crippen LogP) is 1.56. The van der Waals surface area contributed by atoms with E-state index in [0.717, 1.165) is 32.7 Å². The summed E-state index contributed by atoms with van der Waals surface area (Å²) in [6.45, 7) is 5.94. The average Bonchev–Trinajstić information content (AvgIpc) is 2.95. The molecule has 4 heteroatoms. The molecule has 0 aromatic carbocycles. The van der Waals surface area contributed by atoms with Gasteiger partial charge in [-0.05, 0) is 38.8 Å². The third-order valence-electron chi connectivity index (χ3n) is 3.08. The minimum atomic E-state index is 0.489. The van der Waals surface area contributed by atoms with Crippen LogP contribution in [0.2, 0.25) is 0 Å². The molecule has 2 rings (SSSR count). The average molecular weight is 223 g/mol. The first kappa shape index (κ1) is 11.6. The van der Waals surface area contributed by atoms with Crippen molar-refractivity contribution in [3.63, 3.8) is 0 Å². The predicted molar refractivity (Wildman–Crippen MR) is 63.2 cm³/mol. The lowest BCUT2D eigenvalue weighted by molar-refractivity contribution is 0.104. The van der Waals surface area contributed by atoms with Crippen molar-refractivity contribution in [2.45, 2.75) is 45.4 Å². The third-order valence-corrected chi connectivity index (χ3v) is 3.08. The summed E-state index contributed by atoms with van der Waals surface area (Å²) in [6.07, 6.45) is 5.94. The van der Waals surface area contributed by atoms with E-state index in [2.05, 4.69) is 23.4 Å². The fraction of sp³-hybridized carbons (Fsp3) is 0.750. The molecule has 1 aliphatic rings. The molecular weight excluding hydrogens is 202 g/mol. The molecule has 0 amide bonds. The van der Waals surface area contributed by atoms with Crippen LogP contribution in [0, 0.1) is 0 Å². The van der Waals surface area contributed by atoms with Crippen LogP contribution in [0.4, 0.5) is 0 Å². The minimum Gasteiger partial charge on any atom is -0.378 e. The minimum absolute atomic E-state index is 0.489. The lowest BCUT2D eigenvalue weighted by Crippen LogP contribution is -2.21. The van der Waals surface area contributed by atoms with E-state index < -0.39 is 0 Å². The van der Waals surface area contributed by atoms with Gasteiger partial charge in [0.1, 0.15) is 0 Å². The molecule has 1 unspecified atom stereocenters. The van der Waals surface area contributed by atoms with Crippen molar-refractivity contribution in [2.24, 2.45) is 0 Å². The topological polar surface area (TPSA) is 39.1 Å². The maximum absolute atomic E-state index is 5.58. The van der Waals surface area contributed by atoms with E-state index in [4.69, 9.17) is 4.74 Å². The maximum Gasteiger partial charge on any atom is 0.0588 e. The van der Waals surface area contributed by atoms with E-state index in [1.807, 2.05) is 10.9 Å². The van der Waals surface area contributed by atoms with Crippen molar-refractivity contribution < 1.29 is 4.74 Å². The normalized spacial score (nSPS) is 20.4. The Hall–Kier alpha value is -0.870. The monoisotopic (exact) mass is 223 g/mol. The molecule has 1 fully saturated rings. The molecule has 16 heavy (non-hydrogen) atoms. The second-order valence-electron chi connectivity index (χ2n) is 4.24. The van der Waals surface area contributed by atoms with Gasteiger partial charge in [0.05, 0.1) is 11.8 Å². The van der Waals surface area contributed by atoms with E-state index in [1.54, 1.807) is 0 Å². The smallest absolute Gasteiger partial charge is 0.0588 e. The molecule has 0 bridgehead atoms. The lowest BCUT2D eigenvalue weighted by Gasteiger charge is -2.10. The maximum atomic E-state index is 5.58. The first-order chi connectivity index (χ1) is 7.90. The summed E-state index contributed by atoms with van der Waals surface area (Å²) >= 11 is 0. The van der Waals surface area contributed by atoms with Crippen LogP contribution >= 0.6 is 0 Å². The highest BCUT2D eigenvalue weighted by Gasteiger charge is 2.14. The van der Waals surface area contributed by atoms with Crippen molar-refractivity contribution in [1.29, 1.82) is 0 Å². The van der Waals surface area contributed by atoms with Gasteiger partial charge in [-0.1, -0.05) is 0 Å². The molecule has 4 nitrogen and oxygen atoms in total. The summed E-state index contributed by atoms with van der Waals surface area (Å²) in [4.78, 5) is 0. The third kappa shape index (κ3) is 3.06. The molecule has 1 aliphatic heterocycles. The summed E-state index contributed by atoms with van der Waals surface area (Å²) in [6, 6.07) is 2.07. The van der Waals surface area contributed by atoms with Crippen molar-refractivity contribution >= 4 is 0 Å². The van der Waals surface area contributed by atoms with Crippen LogP contribution in [0.5, 0.6) is 0 Å². The molecule has 1 aromatic rings. The van der Waals surface area contributed by atoms with Gasteiger partial charge in [0.2, 0.25) is 0 Å². The van der Waals surface area contributed by atoms with Crippen LogP contribution in [-0.2, 0) is 17.8 Å². The first-order valence-corrected chi connectivity index (χ1v) is 6.23. The van der Waals surface area contributed by atoms with Crippen molar-refractivity contribution in [3.05, 3.63) is 18.0 Å². The van der Waals surface area contributed by atoms with Crippen molar-refractivity contribution in [3.8, 4) is 0 Å². The molecule has 1 aromatic heterocycles. The largest absolute Gasteiger partial charge is 0.378 e. The van der Waals surface area contributed by atoms with Gasteiger partial charge < -0.3 is 10.1 Å². The molecular formula is C12H21N3O. The van der Waals surface area contributed by atoms with Crippen LogP contribution in [0.3, 0.4) is 0 Å². The second kappa shape index (κ2) is 6.01. The highest BCUT2D eigenvalue weighted by atomic mass is 16.5. The zero-order chi connectivity index (χ0) is 11.2. The highest BCUT2D eigenvalue weighted by molar-refractivity contribution is 4.99. The quantitative estimate of drug-likeness (QED) is 0.744. The van der Waals surface area contributed by atoms with Crippen molar-refractivity contribution in [2.75, 3.05) is 13.2 Å². The molecule has 90 valence electrons. The summed E-state index contributed by atoms with van der Waals surface area (Å²) in [7, 11) is 0. The zero-order valence-electron chi connectivity index (χ0n) is 9.98. The standard InChI is InChI=1S/C12H21N3O/c1-2-15-11(5-8-14-15)10-13-7-6-12-4-3-9-16-12/h5,8,12-13H,2-4,6-7,9-10H2,1H3. The number of aryl methyl sites for hydroxylation is 1. The summed E-state index contributed by atoms with van der Waals surface area (Å²) < 4.78 is 7.60. The van der Waals surface area contributed by atoms with Gasteiger partial charge in [-0.15, -0.1) is 0 Å². The van der Waals surface area contributed by atoms with Crippen LogP contribution in [-0.4, -0.2) is 29.0 Å². The Labute approximate surface area is 97.0 Å². The van der Waals surface area contributed by atoms with Gasteiger partial charge in [0.25, 0.3) is 0 Å². The van der Waals surface area contributed by atoms with Gasteiger partial charge in [-0.3, -0.25) is 4.68 Å². The van der Waals surface area contributed by atoms with Crippen molar-refractivity contribution in [1.82, 2.24) is 15.1 Å². The van der Waals surface area contributed by atoms with Gasteiger partial charge in [-0.25, -0.2) is 0 Å². The number of rotatable bonds is 6.